The number of H-pyrrole nitrogens is 1. The molecule has 1 aromatic rings. The van der Waals surface area contributed by atoms with Crippen LogP contribution in [-0.2, 0) is 19.5 Å². The first-order valence-electron chi connectivity index (χ1n) is 4.95. The average molecular weight is 212 g/mol. The number of imidazole rings is 1. The lowest BCUT2D eigenvalue weighted by Gasteiger charge is -2.16. The van der Waals surface area contributed by atoms with Crippen LogP contribution in [0.5, 0.6) is 0 Å². The topological polar surface area (TPSA) is 58.8 Å². The molecule has 14 heavy (non-hydrogen) atoms. The molecule has 0 radical (unpaired) electrons. The fourth-order valence-corrected chi connectivity index (χ4v) is 2.20. The van der Waals surface area contributed by atoms with Crippen molar-refractivity contribution in [1.82, 2.24) is 14.9 Å². The standard InChI is InChI=1S/C9H16N4S/c1-6(10)5-13-8-2-3-11-4-7(8)12-9(13)14/h6,11H,2-5,10H2,1H3,(H,12,14). The van der Waals surface area contributed by atoms with Crippen molar-refractivity contribution in [1.29, 1.82) is 0 Å². The molecule has 1 aromatic heterocycles. The van der Waals surface area contributed by atoms with Crippen LogP contribution in [0.1, 0.15) is 18.3 Å². The number of hydrogen-bond acceptors (Lipinski definition) is 3. The Balaban J connectivity index is 2.38. The summed E-state index contributed by atoms with van der Waals surface area (Å²) in [4.78, 5) is 3.23. The van der Waals surface area contributed by atoms with Crippen molar-refractivity contribution in [3.8, 4) is 0 Å². The first-order chi connectivity index (χ1) is 6.68. The second-order valence-electron chi connectivity index (χ2n) is 3.87. The highest BCUT2D eigenvalue weighted by molar-refractivity contribution is 7.71. The van der Waals surface area contributed by atoms with Gasteiger partial charge in [-0.2, -0.15) is 0 Å². The minimum atomic E-state index is 0.150. The predicted octanol–water partition coefficient (Wildman–Crippen LogP) is 0.539. The molecule has 1 unspecified atom stereocenters. The third-order valence-corrected chi connectivity index (χ3v) is 2.81. The highest BCUT2D eigenvalue weighted by Gasteiger charge is 2.15. The number of hydrogen-bond donors (Lipinski definition) is 3. The molecule has 2 heterocycles. The molecule has 0 saturated carbocycles. The molecule has 4 nitrogen and oxygen atoms in total. The van der Waals surface area contributed by atoms with E-state index in [9.17, 15) is 0 Å². The number of nitrogens with zero attached hydrogens (tertiary/aromatic N) is 1. The number of aromatic amines is 1. The van der Waals surface area contributed by atoms with Gasteiger partial charge in [-0.1, -0.05) is 0 Å². The van der Waals surface area contributed by atoms with Crippen molar-refractivity contribution in [3.05, 3.63) is 16.2 Å². The van der Waals surface area contributed by atoms with Gasteiger partial charge in [-0.15, -0.1) is 0 Å². The summed E-state index contributed by atoms with van der Waals surface area (Å²) >= 11 is 5.26. The number of nitrogens with one attached hydrogen (secondary N) is 2. The van der Waals surface area contributed by atoms with Crippen molar-refractivity contribution < 1.29 is 0 Å². The molecule has 0 aromatic carbocycles. The van der Waals surface area contributed by atoms with E-state index in [1.54, 1.807) is 0 Å². The third-order valence-electron chi connectivity index (χ3n) is 2.49. The highest BCUT2D eigenvalue weighted by atomic mass is 32.1. The summed E-state index contributed by atoms with van der Waals surface area (Å²) in [5, 5.41) is 3.31. The summed E-state index contributed by atoms with van der Waals surface area (Å²) in [7, 11) is 0. The predicted molar refractivity (Wildman–Crippen MR) is 58.7 cm³/mol. The quantitative estimate of drug-likeness (QED) is 0.627. The smallest absolute Gasteiger partial charge is 0.177 e. The lowest BCUT2D eigenvalue weighted by molar-refractivity contribution is 0.542. The Labute approximate surface area is 88.5 Å². The average Bonchev–Trinajstić information content (AvgIpc) is 2.43. The van der Waals surface area contributed by atoms with Gasteiger partial charge in [0.25, 0.3) is 0 Å². The van der Waals surface area contributed by atoms with E-state index in [0.29, 0.717) is 0 Å². The summed E-state index contributed by atoms with van der Waals surface area (Å²) in [6, 6.07) is 0.150. The summed E-state index contributed by atoms with van der Waals surface area (Å²) < 4.78 is 2.94. The van der Waals surface area contributed by atoms with Gasteiger partial charge in [0.2, 0.25) is 0 Å². The minimum Gasteiger partial charge on any atom is -0.333 e. The van der Waals surface area contributed by atoms with Gasteiger partial charge in [-0.25, -0.2) is 0 Å². The van der Waals surface area contributed by atoms with E-state index in [-0.39, 0.29) is 6.04 Å². The SMILES string of the molecule is CC(N)Cn1c2c([nH]c1=S)CNCC2. The van der Waals surface area contributed by atoms with Gasteiger partial charge >= 0.3 is 0 Å². The lowest BCUT2D eigenvalue weighted by Crippen LogP contribution is -2.28. The van der Waals surface area contributed by atoms with Gasteiger partial charge in [-0.05, 0) is 19.1 Å². The lowest BCUT2D eigenvalue weighted by atomic mass is 10.2. The van der Waals surface area contributed by atoms with Crippen LogP contribution in [0.3, 0.4) is 0 Å². The normalized spacial score (nSPS) is 17.9. The Morgan fingerprint density at radius 1 is 1.64 bits per heavy atom. The zero-order valence-corrected chi connectivity index (χ0v) is 9.16. The summed E-state index contributed by atoms with van der Waals surface area (Å²) in [5.74, 6) is 0. The molecule has 0 aliphatic carbocycles. The van der Waals surface area contributed by atoms with E-state index < -0.39 is 0 Å². The molecule has 0 saturated heterocycles. The van der Waals surface area contributed by atoms with Crippen LogP contribution in [0.4, 0.5) is 0 Å². The number of rotatable bonds is 2. The molecule has 5 heteroatoms. The molecular formula is C9H16N4S. The van der Waals surface area contributed by atoms with E-state index in [1.165, 1.54) is 11.4 Å². The van der Waals surface area contributed by atoms with Gasteiger partial charge in [0.05, 0.1) is 5.69 Å². The van der Waals surface area contributed by atoms with E-state index in [4.69, 9.17) is 18.0 Å². The first-order valence-corrected chi connectivity index (χ1v) is 5.36. The van der Waals surface area contributed by atoms with Crippen LogP contribution in [-0.4, -0.2) is 22.1 Å². The van der Waals surface area contributed by atoms with E-state index >= 15 is 0 Å². The van der Waals surface area contributed by atoms with Crippen molar-refractivity contribution in [2.75, 3.05) is 6.54 Å². The second-order valence-corrected chi connectivity index (χ2v) is 4.26. The molecular weight excluding hydrogens is 196 g/mol. The van der Waals surface area contributed by atoms with Crippen LogP contribution >= 0.6 is 12.2 Å². The monoisotopic (exact) mass is 212 g/mol. The Bertz CT molecular complexity index is 377. The minimum absolute atomic E-state index is 0.150. The van der Waals surface area contributed by atoms with Crippen LogP contribution in [0.15, 0.2) is 0 Å². The van der Waals surface area contributed by atoms with E-state index in [0.717, 1.165) is 30.8 Å². The van der Waals surface area contributed by atoms with Gasteiger partial charge < -0.3 is 20.6 Å². The van der Waals surface area contributed by atoms with Gasteiger partial charge in [0.1, 0.15) is 0 Å². The Hall–Kier alpha value is -0.650. The highest BCUT2D eigenvalue weighted by Crippen LogP contribution is 2.13. The maximum Gasteiger partial charge on any atom is 0.177 e. The van der Waals surface area contributed by atoms with Gasteiger partial charge in [-0.3, -0.25) is 0 Å². The summed E-state index contributed by atoms with van der Waals surface area (Å²) in [5.41, 5.74) is 8.34. The Morgan fingerprint density at radius 3 is 3.14 bits per heavy atom. The fourth-order valence-electron chi connectivity index (χ4n) is 1.89. The third kappa shape index (κ3) is 1.75. The van der Waals surface area contributed by atoms with Crippen LogP contribution in [0.25, 0.3) is 0 Å². The maximum atomic E-state index is 5.79. The molecule has 1 aliphatic heterocycles. The van der Waals surface area contributed by atoms with Crippen LogP contribution in [0.2, 0.25) is 0 Å². The first kappa shape index (κ1) is 9.89. The van der Waals surface area contributed by atoms with Crippen molar-refractivity contribution >= 4 is 12.2 Å². The van der Waals surface area contributed by atoms with E-state index in [2.05, 4.69) is 14.9 Å². The molecule has 2 rings (SSSR count). The summed E-state index contributed by atoms with van der Waals surface area (Å²) in [6.45, 7) is 4.73. The molecule has 78 valence electrons. The van der Waals surface area contributed by atoms with Crippen molar-refractivity contribution in [2.45, 2.75) is 32.5 Å². The Morgan fingerprint density at radius 2 is 2.43 bits per heavy atom. The van der Waals surface area contributed by atoms with Crippen LogP contribution < -0.4 is 11.1 Å². The fraction of sp³-hybridized carbons (Fsp3) is 0.667. The van der Waals surface area contributed by atoms with Gasteiger partial charge in [0, 0.05) is 37.8 Å². The van der Waals surface area contributed by atoms with Crippen molar-refractivity contribution in [3.63, 3.8) is 0 Å². The molecule has 4 N–H and O–H groups in total. The number of aromatic nitrogens is 2. The molecule has 0 fully saturated rings. The zero-order valence-electron chi connectivity index (χ0n) is 8.34. The largest absolute Gasteiger partial charge is 0.333 e. The molecule has 1 aliphatic rings. The number of nitrogens with two attached hydrogens (primary N) is 1. The van der Waals surface area contributed by atoms with Gasteiger partial charge in [0.15, 0.2) is 4.77 Å². The molecule has 0 amide bonds. The number of fused-ring (bicyclic) bond motifs is 1. The van der Waals surface area contributed by atoms with E-state index in [1.807, 2.05) is 6.92 Å². The van der Waals surface area contributed by atoms with Crippen LogP contribution in [0, 0.1) is 4.77 Å². The summed E-state index contributed by atoms with van der Waals surface area (Å²) in [6.07, 6.45) is 1.04. The van der Waals surface area contributed by atoms with Crippen molar-refractivity contribution in [2.24, 2.45) is 5.73 Å². The Kier molecular flexibility index (Phi) is 2.71. The molecule has 1 atom stereocenters. The second kappa shape index (κ2) is 3.84. The molecule has 0 spiro atoms. The zero-order chi connectivity index (χ0) is 10.1. The molecule has 0 bridgehead atoms. The maximum absolute atomic E-state index is 5.79.